The van der Waals surface area contributed by atoms with E-state index in [-0.39, 0.29) is 29.4 Å². The first kappa shape index (κ1) is 19.2. The zero-order valence-corrected chi connectivity index (χ0v) is 14.2. The molecule has 0 aliphatic heterocycles. The van der Waals surface area contributed by atoms with E-state index in [1.807, 2.05) is 0 Å². The Morgan fingerprint density at radius 2 is 2.05 bits per heavy atom. The molecule has 1 heterocycles. The molecule has 0 unspecified atom stereocenters. The van der Waals surface area contributed by atoms with E-state index in [1.165, 1.54) is 31.4 Å². The van der Waals surface area contributed by atoms with Gasteiger partial charge >= 0.3 is 0 Å². The lowest BCUT2D eigenvalue weighted by Crippen LogP contribution is -2.36. The van der Waals surface area contributed by atoms with E-state index in [1.54, 1.807) is 7.11 Å². The fourth-order valence-corrected chi connectivity index (χ4v) is 2.65. The summed E-state index contributed by atoms with van der Waals surface area (Å²) in [5.41, 5.74) is 0.285. The number of aliphatic hydroxyl groups is 1. The van der Waals surface area contributed by atoms with Crippen molar-refractivity contribution in [2.45, 2.75) is 38.1 Å². The standard InChI is InChI=1S/C12H14Cl2N2O.C3H8O2/c13-8-6-10(16-11(14)7-8)12(17)15-9-4-2-1-3-5-9;1-5-3-2-4/h6-7,9H,1-5H2,(H,15,17);4H,2-3H2,1H3. The van der Waals surface area contributed by atoms with Gasteiger partial charge < -0.3 is 15.2 Å². The lowest BCUT2D eigenvalue weighted by molar-refractivity contribution is 0.0922. The number of hydrogen-bond donors (Lipinski definition) is 2. The molecule has 7 heteroatoms. The van der Waals surface area contributed by atoms with E-state index in [9.17, 15) is 4.79 Å². The normalized spacial score (nSPS) is 14.9. The molecule has 2 N–H and O–H groups in total. The molecule has 2 rings (SSSR count). The van der Waals surface area contributed by atoms with Crippen molar-refractivity contribution in [1.82, 2.24) is 10.3 Å². The number of nitrogens with zero attached hydrogens (tertiary/aromatic N) is 1. The number of rotatable bonds is 4. The van der Waals surface area contributed by atoms with Crippen LogP contribution in [-0.2, 0) is 4.74 Å². The van der Waals surface area contributed by atoms with Crippen molar-refractivity contribution in [3.63, 3.8) is 0 Å². The number of carbonyl (C=O) groups is 1. The second kappa shape index (κ2) is 10.8. The van der Waals surface area contributed by atoms with Gasteiger partial charge in [-0.25, -0.2) is 4.98 Å². The van der Waals surface area contributed by atoms with Crippen molar-refractivity contribution in [3.05, 3.63) is 28.0 Å². The van der Waals surface area contributed by atoms with Gasteiger partial charge in [-0.3, -0.25) is 4.79 Å². The summed E-state index contributed by atoms with van der Waals surface area (Å²) in [5.74, 6) is -0.193. The average Bonchev–Trinajstić information content (AvgIpc) is 2.49. The second-order valence-corrected chi connectivity index (χ2v) is 5.84. The van der Waals surface area contributed by atoms with Crippen LogP contribution in [0.4, 0.5) is 0 Å². The summed E-state index contributed by atoms with van der Waals surface area (Å²) in [6.45, 7) is 0.566. The molecule has 0 atom stereocenters. The highest BCUT2D eigenvalue weighted by Gasteiger charge is 2.17. The van der Waals surface area contributed by atoms with E-state index in [0.29, 0.717) is 11.6 Å². The van der Waals surface area contributed by atoms with Crippen molar-refractivity contribution in [1.29, 1.82) is 0 Å². The average molecular weight is 349 g/mol. The van der Waals surface area contributed by atoms with Crippen molar-refractivity contribution in [2.24, 2.45) is 0 Å². The number of halogens is 2. The third kappa shape index (κ3) is 7.40. The Morgan fingerprint density at radius 1 is 1.36 bits per heavy atom. The molecular weight excluding hydrogens is 327 g/mol. The Bertz CT molecular complexity index is 444. The number of aliphatic hydroxyl groups excluding tert-OH is 1. The summed E-state index contributed by atoms with van der Waals surface area (Å²) < 4.78 is 4.44. The van der Waals surface area contributed by atoms with Crippen LogP contribution in [0.15, 0.2) is 12.1 Å². The van der Waals surface area contributed by atoms with Crippen LogP contribution in [0.1, 0.15) is 42.6 Å². The van der Waals surface area contributed by atoms with Gasteiger partial charge in [-0.1, -0.05) is 42.5 Å². The molecule has 1 aromatic rings. The highest BCUT2D eigenvalue weighted by atomic mass is 35.5. The number of pyridine rings is 1. The van der Waals surface area contributed by atoms with Crippen LogP contribution >= 0.6 is 23.2 Å². The zero-order chi connectivity index (χ0) is 16.4. The zero-order valence-electron chi connectivity index (χ0n) is 12.6. The quantitative estimate of drug-likeness (QED) is 0.820. The molecule has 22 heavy (non-hydrogen) atoms. The predicted octanol–water partition coefficient (Wildman–Crippen LogP) is 3.08. The van der Waals surface area contributed by atoms with Gasteiger partial charge in [0.1, 0.15) is 10.8 Å². The monoisotopic (exact) mass is 348 g/mol. The number of methoxy groups -OCH3 is 1. The van der Waals surface area contributed by atoms with Gasteiger partial charge in [-0.15, -0.1) is 0 Å². The van der Waals surface area contributed by atoms with Gasteiger partial charge in [0.25, 0.3) is 5.91 Å². The van der Waals surface area contributed by atoms with Gasteiger partial charge in [0.05, 0.1) is 13.2 Å². The second-order valence-electron chi connectivity index (χ2n) is 5.02. The summed E-state index contributed by atoms with van der Waals surface area (Å²) in [6, 6.07) is 3.31. The van der Waals surface area contributed by atoms with Crippen LogP contribution in [0, 0.1) is 0 Å². The minimum atomic E-state index is -0.193. The lowest BCUT2D eigenvalue weighted by Gasteiger charge is -2.22. The molecule has 1 aliphatic rings. The van der Waals surface area contributed by atoms with E-state index >= 15 is 0 Å². The number of nitrogens with one attached hydrogen (secondary N) is 1. The maximum atomic E-state index is 11.9. The van der Waals surface area contributed by atoms with Crippen molar-refractivity contribution >= 4 is 29.1 Å². The number of aromatic nitrogens is 1. The van der Waals surface area contributed by atoms with E-state index in [2.05, 4.69) is 15.0 Å². The first-order chi connectivity index (χ1) is 10.6. The summed E-state index contributed by atoms with van der Waals surface area (Å²) >= 11 is 11.6. The minimum absolute atomic E-state index is 0.122. The summed E-state index contributed by atoms with van der Waals surface area (Å²) in [7, 11) is 1.55. The molecule has 1 amide bonds. The molecule has 5 nitrogen and oxygen atoms in total. The van der Waals surface area contributed by atoms with Crippen LogP contribution < -0.4 is 5.32 Å². The smallest absolute Gasteiger partial charge is 0.270 e. The topological polar surface area (TPSA) is 71.5 Å². The Labute approximate surface area is 141 Å². The third-order valence-corrected chi connectivity index (χ3v) is 3.64. The number of hydrogen-bond acceptors (Lipinski definition) is 4. The van der Waals surface area contributed by atoms with E-state index < -0.39 is 0 Å². The summed E-state index contributed by atoms with van der Waals surface area (Å²) in [5, 5.41) is 11.6. The number of amides is 1. The third-order valence-electron chi connectivity index (χ3n) is 3.23. The van der Waals surface area contributed by atoms with Crippen molar-refractivity contribution < 1.29 is 14.6 Å². The summed E-state index contributed by atoms with van der Waals surface area (Å²) in [4.78, 5) is 15.9. The number of carbonyl (C=O) groups excluding carboxylic acids is 1. The molecule has 1 saturated carbocycles. The van der Waals surface area contributed by atoms with Gasteiger partial charge in [0.15, 0.2) is 0 Å². The molecule has 0 aromatic carbocycles. The maximum Gasteiger partial charge on any atom is 0.270 e. The van der Waals surface area contributed by atoms with E-state index in [0.717, 1.165) is 12.8 Å². The Balaban J connectivity index is 0.000000422. The number of ether oxygens (including phenoxy) is 1. The molecule has 0 spiro atoms. The van der Waals surface area contributed by atoms with Gasteiger partial charge in [-0.05, 0) is 25.0 Å². The van der Waals surface area contributed by atoms with E-state index in [4.69, 9.17) is 28.3 Å². The Kier molecular flexibility index (Phi) is 9.39. The van der Waals surface area contributed by atoms with Crippen LogP contribution in [0.25, 0.3) is 0 Å². The van der Waals surface area contributed by atoms with Gasteiger partial charge in [0, 0.05) is 18.2 Å². The fourth-order valence-electron chi connectivity index (χ4n) is 2.18. The van der Waals surface area contributed by atoms with Crippen LogP contribution in [0.2, 0.25) is 10.2 Å². The molecule has 124 valence electrons. The highest BCUT2D eigenvalue weighted by Crippen LogP contribution is 2.19. The SMILES string of the molecule is COCCO.O=C(NC1CCCCC1)c1cc(Cl)cc(Cl)n1. The first-order valence-corrected chi connectivity index (χ1v) is 8.06. The Hall–Kier alpha value is -0.880. The molecular formula is C15H22Cl2N2O3. The molecule has 1 aromatic heterocycles. The maximum absolute atomic E-state index is 11.9. The largest absolute Gasteiger partial charge is 0.394 e. The molecule has 1 fully saturated rings. The van der Waals surface area contributed by atoms with Gasteiger partial charge in [-0.2, -0.15) is 0 Å². The van der Waals surface area contributed by atoms with Crippen LogP contribution in [0.3, 0.4) is 0 Å². The molecule has 1 aliphatic carbocycles. The molecule has 0 saturated heterocycles. The Morgan fingerprint density at radius 3 is 2.55 bits per heavy atom. The van der Waals surface area contributed by atoms with Crippen molar-refractivity contribution in [2.75, 3.05) is 20.3 Å². The van der Waals surface area contributed by atoms with Crippen LogP contribution in [-0.4, -0.2) is 42.4 Å². The first-order valence-electron chi connectivity index (χ1n) is 7.30. The fraction of sp³-hybridized carbons (Fsp3) is 0.600. The van der Waals surface area contributed by atoms with Crippen molar-refractivity contribution in [3.8, 4) is 0 Å². The van der Waals surface area contributed by atoms with Crippen LogP contribution in [0.5, 0.6) is 0 Å². The summed E-state index contributed by atoms with van der Waals surface area (Å²) in [6.07, 6.45) is 5.69. The lowest BCUT2D eigenvalue weighted by atomic mass is 9.95. The molecule has 0 bridgehead atoms. The predicted molar refractivity (Wildman–Crippen MR) is 87.6 cm³/mol. The minimum Gasteiger partial charge on any atom is -0.394 e. The van der Waals surface area contributed by atoms with Gasteiger partial charge in [0.2, 0.25) is 0 Å². The highest BCUT2D eigenvalue weighted by molar-refractivity contribution is 6.34. The molecule has 0 radical (unpaired) electrons.